The third kappa shape index (κ3) is 5.26. The van der Waals surface area contributed by atoms with Crippen LogP contribution in [-0.2, 0) is 9.53 Å². The molecule has 2 aromatic carbocycles. The van der Waals surface area contributed by atoms with Crippen LogP contribution in [0.4, 0.5) is 4.39 Å². The second-order valence-corrected chi connectivity index (χ2v) is 6.28. The van der Waals surface area contributed by atoms with E-state index in [1.54, 1.807) is 6.07 Å². The van der Waals surface area contributed by atoms with Gasteiger partial charge in [-0.05, 0) is 30.2 Å². The summed E-state index contributed by atoms with van der Waals surface area (Å²) >= 11 is 6.21. The maximum atomic E-state index is 13.4. The number of nitrogens with two attached hydrogens (primary N) is 1. The molecule has 0 spiro atoms. The summed E-state index contributed by atoms with van der Waals surface area (Å²) in [5.41, 5.74) is 8.16. The number of rotatable bonds is 7. The van der Waals surface area contributed by atoms with Crippen LogP contribution in [0.15, 0.2) is 42.5 Å². The molecular weight excluding hydrogens is 343 g/mol. The summed E-state index contributed by atoms with van der Waals surface area (Å²) in [4.78, 5) is 12.4. The summed E-state index contributed by atoms with van der Waals surface area (Å²) in [6.45, 7) is 2.23. The van der Waals surface area contributed by atoms with E-state index in [1.807, 2.05) is 31.2 Å². The largest absolute Gasteiger partial charge is 0.380 e. The van der Waals surface area contributed by atoms with Gasteiger partial charge in [0.25, 0.3) is 0 Å². The molecule has 0 radical (unpaired) electrons. The van der Waals surface area contributed by atoms with Gasteiger partial charge < -0.3 is 15.8 Å². The summed E-state index contributed by atoms with van der Waals surface area (Å²) in [6.07, 6.45) is -0.226. The third-order valence-electron chi connectivity index (χ3n) is 4.00. The Morgan fingerprint density at radius 3 is 2.52 bits per heavy atom. The van der Waals surface area contributed by atoms with E-state index in [1.165, 1.54) is 19.2 Å². The lowest BCUT2D eigenvalue weighted by atomic mass is 9.97. The Kier molecular flexibility index (Phi) is 6.93. The van der Waals surface area contributed by atoms with Gasteiger partial charge in [-0.2, -0.15) is 0 Å². The van der Waals surface area contributed by atoms with Gasteiger partial charge in [-0.1, -0.05) is 47.5 Å². The minimum absolute atomic E-state index is 0.133. The van der Waals surface area contributed by atoms with Crippen LogP contribution in [0.5, 0.6) is 0 Å². The fourth-order valence-electron chi connectivity index (χ4n) is 2.52. The van der Waals surface area contributed by atoms with E-state index in [9.17, 15) is 9.18 Å². The van der Waals surface area contributed by atoms with Gasteiger partial charge in [0.05, 0.1) is 18.6 Å². The molecule has 2 rings (SSSR count). The molecule has 0 aliphatic rings. The Hall–Kier alpha value is -1.95. The summed E-state index contributed by atoms with van der Waals surface area (Å²) in [5.74, 6) is -0.645. The maximum Gasteiger partial charge on any atom is 0.223 e. The predicted molar refractivity (Wildman–Crippen MR) is 97.0 cm³/mol. The van der Waals surface area contributed by atoms with E-state index in [0.717, 1.165) is 11.1 Å². The highest BCUT2D eigenvalue weighted by Gasteiger charge is 2.21. The van der Waals surface area contributed by atoms with Crippen molar-refractivity contribution in [3.63, 3.8) is 0 Å². The highest BCUT2D eigenvalue weighted by atomic mass is 35.5. The van der Waals surface area contributed by atoms with E-state index in [2.05, 4.69) is 5.32 Å². The molecule has 0 aliphatic carbocycles. The van der Waals surface area contributed by atoms with E-state index >= 15 is 0 Å². The molecule has 0 aromatic heterocycles. The molecule has 0 heterocycles. The van der Waals surface area contributed by atoms with Gasteiger partial charge in [0.1, 0.15) is 5.82 Å². The van der Waals surface area contributed by atoms with Crippen LogP contribution >= 0.6 is 11.6 Å². The van der Waals surface area contributed by atoms with Gasteiger partial charge in [-0.3, -0.25) is 4.79 Å². The number of benzene rings is 2. The lowest BCUT2D eigenvalue weighted by Crippen LogP contribution is -2.35. The molecule has 0 bridgehead atoms. The van der Waals surface area contributed by atoms with Crippen molar-refractivity contribution in [2.24, 2.45) is 5.73 Å². The molecule has 134 valence electrons. The van der Waals surface area contributed by atoms with Gasteiger partial charge in [0.15, 0.2) is 0 Å². The fraction of sp³-hybridized carbons (Fsp3) is 0.316. The van der Waals surface area contributed by atoms with Gasteiger partial charge in [-0.25, -0.2) is 4.39 Å². The Labute approximate surface area is 152 Å². The Balaban J connectivity index is 2.32. The number of ether oxygens (including phenoxy) is 1. The molecule has 2 aromatic rings. The monoisotopic (exact) mass is 364 g/mol. The Morgan fingerprint density at radius 1 is 1.28 bits per heavy atom. The number of nitrogens with one attached hydrogen (secondary N) is 1. The second kappa shape index (κ2) is 8.94. The van der Waals surface area contributed by atoms with Crippen LogP contribution in [0.2, 0.25) is 5.02 Å². The van der Waals surface area contributed by atoms with Gasteiger partial charge >= 0.3 is 0 Å². The first-order valence-electron chi connectivity index (χ1n) is 7.98. The molecule has 0 saturated carbocycles. The van der Waals surface area contributed by atoms with Crippen molar-refractivity contribution in [1.82, 2.24) is 5.32 Å². The van der Waals surface area contributed by atoms with Gasteiger partial charge in [0.2, 0.25) is 5.91 Å². The van der Waals surface area contributed by atoms with Crippen molar-refractivity contribution in [1.29, 1.82) is 0 Å². The molecular formula is C19H22ClFN2O2. The number of aryl methyl sites for hydroxylation is 1. The summed E-state index contributed by atoms with van der Waals surface area (Å²) in [5, 5.41) is 3.20. The number of carbonyl (C=O) groups is 1. The molecule has 6 heteroatoms. The van der Waals surface area contributed by atoms with Crippen molar-refractivity contribution in [3.8, 4) is 0 Å². The minimum Gasteiger partial charge on any atom is -0.380 e. The van der Waals surface area contributed by atoms with Crippen molar-refractivity contribution < 1.29 is 13.9 Å². The maximum absolute atomic E-state index is 13.4. The number of methoxy groups -OCH3 is 1. The molecule has 4 nitrogen and oxygen atoms in total. The zero-order valence-corrected chi connectivity index (χ0v) is 15.0. The third-order valence-corrected chi connectivity index (χ3v) is 4.33. The van der Waals surface area contributed by atoms with E-state index < -0.39 is 11.9 Å². The lowest BCUT2D eigenvalue weighted by molar-refractivity contribution is -0.123. The highest BCUT2D eigenvalue weighted by molar-refractivity contribution is 6.31. The fourth-order valence-corrected chi connectivity index (χ4v) is 2.80. The average molecular weight is 365 g/mol. The van der Waals surface area contributed by atoms with Crippen LogP contribution in [0.3, 0.4) is 0 Å². The molecule has 0 fully saturated rings. The molecule has 2 unspecified atom stereocenters. The molecule has 0 aliphatic heterocycles. The summed E-state index contributed by atoms with van der Waals surface area (Å²) in [7, 11) is 1.51. The zero-order chi connectivity index (χ0) is 18.4. The number of hydrogen-bond acceptors (Lipinski definition) is 3. The zero-order valence-electron chi connectivity index (χ0n) is 14.3. The standard InChI is InChI=1S/C19H22ClFN2O2/c1-12-3-5-13(6-4-12)19(16-8-7-14(21)9-17(16)20)23-18(24)10-15(11-22)25-2/h3-9,15,19H,10-11,22H2,1-2H3,(H,23,24). The SMILES string of the molecule is COC(CN)CC(=O)NC(c1ccc(C)cc1)c1ccc(F)cc1Cl. The normalized spacial score (nSPS) is 13.3. The molecule has 25 heavy (non-hydrogen) atoms. The molecule has 0 saturated heterocycles. The number of halogens is 2. The van der Waals surface area contributed by atoms with Crippen LogP contribution in [0, 0.1) is 12.7 Å². The second-order valence-electron chi connectivity index (χ2n) is 5.87. The first-order chi connectivity index (χ1) is 11.9. The van der Waals surface area contributed by atoms with Crippen LogP contribution in [0.25, 0.3) is 0 Å². The first kappa shape index (κ1) is 19.4. The topological polar surface area (TPSA) is 64.3 Å². The van der Waals surface area contributed by atoms with E-state index in [0.29, 0.717) is 5.56 Å². The van der Waals surface area contributed by atoms with Crippen molar-refractivity contribution in [2.75, 3.05) is 13.7 Å². The molecule has 1 amide bonds. The minimum atomic E-state index is -0.489. The quantitative estimate of drug-likeness (QED) is 0.791. The lowest BCUT2D eigenvalue weighted by Gasteiger charge is -2.22. The predicted octanol–water partition coefficient (Wildman–Crippen LogP) is 3.36. The summed E-state index contributed by atoms with van der Waals surface area (Å²) in [6, 6.07) is 11.4. The van der Waals surface area contributed by atoms with E-state index in [4.69, 9.17) is 22.1 Å². The van der Waals surface area contributed by atoms with Crippen molar-refractivity contribution >= 4 is 17.5 Å². The summed E-state index contributed by atoms with van der Waals surface area (Å²) < 4.78 is 18.5. The smallest absolute Gasteiger partial charge is 0.223 e. The first-order valence-corrected chi connectivity index (χ1v) is 8.36. The number of carbonyl (C=O) groups excluding carboxylic acids is 1. The number of amides is 1. The number of hydrogen-bond donors (Lipinski definition) is 2. The molecule has 2 atom stereocenters. The Bertz CT molecular complexity index is 718. The van der Waals surface area contributed by atoms with Gasteiger partial charge in [-0.15, -0.1) is 0 Å². The molecule has 3 N–H and O–H groups in total. The highest BCUT2D eigenvalue weighted by Crippen LogP contribution is 2.29. The van der Waals surface area contributed by atoms with Crippen LogP contribution in [-0.4, -0.2) is 25.7 Å². The van der Waals surface area contributed by atoms with E-state index in [-0.39, 0.29) is 30.0 Å². The van der Waals surface area contributed by atoms with Gasteiger partial charge in [0, 0.05) is 18.7 Å². The van der Waals surface area contributed by atoms with Crippen molar-refractivity contribution in [2.45, 2.75) is 25.5 Å². The Morgan fingerprint density at radius 2 is 1.96 bits per heavy atom. The van der Waals surface area contributed by atoms with Crippen LogP contribution in [0.1, 0.15) is 29.2 Å². The van der Waals surface area contributed by atoms with Crippen LogP contribution < -0.4 is 11.1 Å². The van der Waals surface area contributed by atoms with Crippen molar-refractivity contribution in [3.05, 3.63) is 70.0 Å². The average Bonchev–Trinajstić information content (AvgIpc) is 2.59.